The van der Waals surface area contributed by atoms with E-state index >= 15 is 0 Å². The molecule has 3 rings (SSSR count). The SMILES string of the molecule is O=Cc1c(Oc2cncc(Cl)c2)nc2sccn12. The number of imidazole rings is 1. The summed E-state index contributed by atoms with van der Waals surface area (Å²) in [4.78, 5) is 19.9. The number of hydrogen-bond acceptors (Lipinski definition) is 5. The lowest BCUT2D eigenvalue weighted by molar-refractivity contribution is 0.111. The molecule has 0 aliphatic carbocycles. The lowest BCUT2D eigenvalue weighted by atomic mass is 10.4. The molecule has 7 heteroatoms. The van der Waals surface area contributed by atoms with Crippen molar-refractivity contribution in [2.45, 2.75) is 0 Å². The van der Waals surface area contributed by atoms with Gasteiger partial charge in [-0.2, -0.15) is 4.98 Å². The van der Waals surface area contributed by atoms with Gasteiger partial charge in [-0.25, -0.2) is 0 Å². The summed E-state index contributed by atoms with van der Waals surface area (Å²) in [6.45, 7) is 0. The highest BCUT2D eigenvalue weighted by Gasteiger charge is 2.14. The summed E-state index contributed by atoms with van der Waals surface area (Å²) in [5.74, 6) is 0.692. The lowest BCUT2D eigenvalue weighted by Gasteiger charge is -2.02. The number of hydrogen-bond donors (Lipinski definition) is 0. The van der Waals surface area contributed by atoms with Crippen molar-refractivity contribution < 1.29 is 9.53 Å². The second kappa shape index (κ2) is 4.40. The number of thiazole rings is 1. The van der Waals surface area contributed by atoms with E-state index in [0.29, 0.717) is 27.7 Å². The van der Waals surface area contributed by atoms with Gasteiger partial charge in [0.25, 0.3) is 0 Å². The zero-order chi connectivity index (χ0) is 12.5. The Morgan fingerprint density at radius 1 is 1.44 bits per heavy atom. The van der Waals surface area contributed by atoms with E-state index in [1.54, 1.807) is 16.7 Å². The Hall–Kier alpha value is -1.92. The van der Waals surface area contributed by atoms with Crippen molar-refractivity contribution in [3.63, 3.8) is 0 Å². The van der Waals surface area contributed by atoms with Crippen molar-refractivity contribution in [3.8, 4) is 11.6 Å². The van der Waals surface area contributed by atoms with Gasteiger partial charge in [0.1, 0.15) is 5.75 Å². The number of nitrogens with zero attached hydrogens (tertiary/aromatic N) is 3. The maximum Gasteiger partial charge on any atom is 0.250 e. The molecule has 0 amide bonds. The summed E-state index contributed by atoms with van der Waals surface area (Å²) in [6, 6.07) is 1.61. The molecule has 5 nitrogen and oxygen atoms in total. The molecule has 0 fully saturated rings. The van der Waals surface area contributed by atoms with Gasteiger partial charge in [-0.05, 0) is 0 Å². The average Bonchev–Trinajstić information content (AvgIpc) is 2.89. The molecule has 0 atom stereocenters. The minimum Gasteiger partial charge on any atom is -0.435 e. The van der Waals surface area contributed by atoms with Crippen molar-refractivity contribution in [1.29, 1.82) is 0 Å². The zero-order valence-corrected chi connectivity index (χ0v) is 10.5. The summed E-state index contributed by atoms with van der Waals surface area (Å²) in [7, 11) is 0. The molecule has 3 aromatic rings. The van der Waals surface area contributed by atoms with E-state index < -0.39 is 0 Å². The van der Waals surface area contributed by atoms with E-state index in [0.717, 1.165) is 0 Å². The molecule has 0 unspecified atom stereocenters. The molecular weight excluding hydrogens is 274 g/mol. The fourth-order valence-corrected chi connectivity index (χ4v) is 2.40. The van der Waals surface area contributed by atoms with Crippen LogP contribution in [0.4, 0.5) is 0 Å². The van der Waals surface area contributed by atoms with E-state index in [1.807, 2.05) is 5.38 Å². The summed E-state index contributed by atoms with van der Waals surface area (Å²) in [5, 5.41) is 2.31. The first-order chi connectivity index (χ1) is 8.78. The van der Waals surface area contributed by atoms with E-state index in [9.17, 15) is 4.79 Å². The highest BCUT2D eigenvalue weighted by molar-refractivity contribution is 7.15. The van der Waals surface area contributed by atoms with E-state index in [1.165, 1.54) is 23.7 Å². The Morgan fingerprint density at radius 2 is 2.33 bits per heavy atom. The molecule has 0 spiro atoms. The molecule has 0 N–H and O–H groups in total. The average molecular weight is 280 g/mol. The first-order valence-electron chi connectivity index (χ1n) is 4.97. The summed E-state index contributed by atoms with van der Waals surface area (Å²) >= 11 is 7.23. The van der Waals surface area contributed by atoms with Crippen LogP contribution in [-0.4, -0.2) is 20.7 Å². The van der Waals surface area contributed by atoms with Gasteiger partial charge in [0.05, 0.1) is 11.2 Å². The van der Waals surface area contributed by atoms with E-state index in [-0.39, 0.29) is 5.88 Å². The standard InChI is InChI=1S/C11H6ClN3O2S/c12-7-3-8(5-13-4-7)17-10-9(6-16)15-1-2-18-11(15)14-10/h1-6H. The number of aldehydes is 1. The Labute approximate surface area is 111 Å². The first-order valence-corrected chi connectivity index (χ1v) is 6.23. The molecule has 0 saturated heterocycles. The van der Waals surface area contributed by atoms with Gasteiger partial charge < -0.3 is 4.74 Å². The number of halogens is 1. The van der Waals surface area contributed by atoms with Gasteiger partial charge in [-0.15, -0.1) is 11.3 Å². The van der Waals surface area contributed by atoms with Crippen LogP contribution < -0.4 is 4.74 Å². The van der Waals surface area contributed by atoms with Crippen LogP contribution >= 0.6 is 22.9 Å². The molecule has 0 aliphatic rings. The van der Waals surface area contributed by atoms with Crippen LogP contribution in [0.25, 0.3) is 4.96 Å². The predicted octanol–water partition coefficient (Wildman–Crippen LogP) is 3.05. The fourth-order valence-electron chi connectivity index (χ4n) is 1.53. The summed E-state index contributed by atoms with van der Waals surface area (Å²) in [5.41, 5.74) is 0.367. The Balaban J connectivity index is 2.04. The Morgan fingerprint density at radius 3 is 3.11 bits per heavy atom. The van der Waals surface area contributed by atoms with Crippen molar-refractivity contribution in [3.05, 3.63) is 40.8 Å². The van der Waals surface area contributed by atoms with Gasteiger partial charge in [0.15, 0.2) is 16.9 Å². The highest BCUT2D eigenvalue weighted by Crippen LogP contribution is 2.27. The molecule has 18 heavy (non-hydrogen) atoms. The molecule has 0 aromatic carbocycles. The van der Waals surface area contributed by atoms with Crippen molar-refractivity contribution in [2.75, 3.05) is 0 Å². The second-order valence-corrected chi connectivity index (χ2v) is 4.73. The van der Waals surface area contributed by atoms with Crippen molar-refractivity contribution >= 4 is 34.2 Å². The smallest absolute Gasteiger partial charge is 0.250 e. The molecule has 0 aliphatic heterocycles. The van der Waals surface area contributed by atoms with Crippen molar-refractivity contribution in [2.24, 2.45) is 0 Å². The van der Waals surface area contributed by atoms with Crippen LogP contribution in [0, 0.1) is 0 Å². The second-order valence-electron chi connectivity index (χ2n) is 3.42. The topological polar surface area (TPSA) is 56.5 Å². The molecule has 0 saturated carbocycles. The maximum absolute atomic E-state index is 11.1. The molecule has 3 heterocycles. The van der Waals surface area contributed by atoms with Gasteiger partial charge in [-0.3, -0.25) is 14.2 Å². The van der Waals surface area contributed by atoms with Crippen LogP contribution in [0.3, 0.4) is 0 Å². The quantitative estimate of drug-likeness (QED) is 0.692. The highest BCUT2D eigenvalue weighted by atomic mass is 35.5. The number of ether oxygens (including phenoxy) is 1. The third kappa shape index (κ3) is 1.85. The van der Waals surface area contributed by atoms with Crippen LogP contribution in [0.5, 0.6) is 11.6 Å². The molecular formula is C11H6ClN3O2S. The van der Waals surface area contributed by atoms with E-state index in [4.69, 9.17) is 16.3 Å². The zero-order valence-electron chi connectivity index (χ0n) is 8.91. The van der Waals surface area contributed by atoms with Crippen LogP contribution in [0.2, 0.25) is 5.02 Å². The van der Waals surface area contributed by atoms with Gasteiger partial charge in [-0.1, -0.05) is 11.6 Å². The Bertz CT molecular complexity index is 722. The predicted molar refractivity (Wildman–Crippen MR) is 67.8 cm³/mol. The maximum atomic E-state index is 11.1. The third-order valence-corrected chi connectivity index (χ3v) is 3.23. The van der Waals surface area contributed by atoms with Crippen molar-refractivity contribution in [1.82, 2.24) is 14.4 Å². The Kier molecular flexibility index (Phi) is 2.73. The number of fused-ring (bicyclic) bond motifs is 1. The minimum atomic E-state index is 0.251. The lowest BCUT2D eigenvalue weighted by Crippen LogP contribution is -1.92. The fraction of sp³-hybridized carbons (Fsp3) is 0. The summed E-state index contributed by atoms with van der Waals surface area (Å²) in [6.07, 6.45) is 5.48. The van der Waals surface area contributed by atoms with Gasteiger partial charge in [0, 0.05) is 23.8 Å². The number of carbonyl (C=O) groups excluding carboxylic acids is 1. The number of carbonyl (C=O) groups is 1. The number of rotatable bonds is 3. The van der Waals surface area contributed by atoms with E-state index in [2.05, 4.69) is 9.97 Å². The molecule has 90 valence electrons. The van der Waals surface area contributed by atoms with Gasteiger partial charge >= 0.3 is 0 Å². The third-order valence-electron chi connectivity index (χ3n) is 2.27. The molecule has 0 bridgehead atoms. The molecule has 3 aromatic heterocycles. The normalized spacial score (nSPS) is 10.7. The van der Waals surface area contributed by atoms with Crippen LogP contribution in [0.15, 0.2) is 30.0 Å². The number of pyridine rings is 1. The largest absolute Gasteiger partial charge is 0.435 e. The summed E-state index contributed by atoms with van der Waals surface area (Å²) < 4.78 is 7.19. The molecule has 0 radical (unpaired) electrons. The van der Waals surface area contributed by atoms with Gasteiger partial charge in [0.2, 0.25) is 5.88 Å². The minimum absolute atomic E-state index is 0.251. The van der Waals surface area contributed by atoms with Crippen LogP contribution in [0.1, 0.15) is 10.5 Å². The van der Waals surface area contributed by atoms with Crippen LogP contribution in [-0.2, 0) is 0 Å². The number of aromatic nitrogens is 3. The monoisotopic (exact) mass is 279 g/mol. The first kappa shape index (κ1) is 11.2.